The van der Waals surface area contributed by atoms with E-state index in [-0.39, 0.29) is 29.9 Å². The fraction of sp³-hybridized carbons (Fsp3) is 0.652. The SMILES string of the molecule is CCCNC(=O)N1CCc2cc(OC)c(OC)cc2[C@H]1[C@H](CC)NC(=O)CC(C)C. The number of carbonyl (C=O) groups is 2. The van der Waals surface area contributed by atoms with E-state index in [1.807, 2.05) is 44.7 Å². The number of urea groups is 1. The number of amides is 3. The van der Waals surface area contributed by atoms with Gasteiger partial charge in [-0.05, 0) is 48.4 Å². The molecule has 0 fully saturated rings. The summed E-state index contributed by atoms with van der Waals surface area (Å²) in [6, 6.07) is 3.38. The molecule has 0 saturated carbocycles. The molecule has 0 unspecified atom stereocenters. The average Bonchev–Trinajstić information content (AvgIpc) is 2.73. The first-order valence-corrected chi connectivity index (χ1v) is 10.9. The lowest BCUT2D eigenvalue weighted by Crippen LogP contribution is -2.53. The molecular weight excluding hydrogens is 382 g/mol. The summed E-state index contributed by atoms with van der Waals surface area (Å²) < 4.78 is 11.0. The Balaban J connectivity index is 2.46. The maximum absolute atomic E-state index is 13.0. The molecule has 0 saturated heterocycles. The minimum absolute atomic E-state index is 0.0124. The highest BCUT2D eigenvalue weighted by molar-refractivity contribution is 5.78. The van der Waals surface area contributed by atoms with Crippen LogP contribution in [0.25, 0.3) is 0 Å². The fourth-order valence-corrected chi connectivity index (χ4v) is 4.01. The number of nitrogens with one attached hydrogen (secondary N) is 2. The van der Waals surface area contributed by atoms with Gasteiger partial charge in [0, 0.05) is 19.5 Å². The van der Waals surface area contributed by atoms with Crippen LogP contribution in [0.2, 0.25) is 0 Å². The number of rotatable bonds is 9. The highest BCUT2D eigenvalue weighted by atomic mass is 16.5. The molecule has 30 heavy (non-hydrogen) atoms. The van der Waals surface area contributed by atoms with Crippen molar-refractivity contribution in [2.24, 2.45) is 5.92 Å². The molecule has 1 aliphatic rings. The number of ether oxygens (including phenoxy) is 2. The molecule has 1 aromatic rings. The molecule has 0 radical (unpaired) electrons. The summed E-state index contributed by atoms with van der Waals surface area (Å²) >= 11 is 0. The molecule has 7 heteroatoms. The number of hydrogen-bond acceptors (Lipinski definition) is 4. The second kappa shape index (κ2) is 11.1. The highest BCUT2D eigenvalue weighted by Crippen LogP contribution is 2.40. The van der Waals surface area contributed by atoms with E-state index in [0.717, 1.165) is 24.0 Å². The quantitative estimate of drug-likeness (QED) is 0.640. The Kier molecular flexibility index (Phi) is 8.81. The van der Waals surface area contributed by atoms with Crippen molar-refractivity contribution in [3.8, 4) is 11.5 Å². The Morgan fingerprint density at radius 1 is 1.17 bits per heavy atom. The predicted octanol–water partition coefficient (Wildman–Crippen LogP) is 3.66. The van der Waals surface area contributed by atoms with Gasteiger partial charge in [0.15, 0.2) is 11.5 Å². The zero-order valence-corrected chi connectivity index (χ0v) is 19.2. The van der Waals surface area contributed by atoms with Gasteiger partial charge in [0.2, 0.25) is 5.91 Å². The van der Waals surface area contributed by atoms with Crippen LogP contribution in [0, 0.1) is 5.92 Å². The Morgan fingerprint density at radius 3 is 2.40 bits per heavy atom. The van der Waals surface area contributed by atoms with Gasteiger partial charge in [-0.3, -0.25) is 4.79 Å². The zero-order chi connectivity index (χ0) is 22.3. The van der Waals surface area contributed by atoms with Gasteiger partial charge in [0.05, 0.1) is 26.3 Å². The summed E-state index contributed by atoms with van der Waals surface area (Å²) in [5.74, 6) is 1.59. The second-order valence-electron chi connectivity index (χ2n) is 8.21. The minimum atomic E-state index is -0.272. The molecule has 3 amide bonds. The van der Waals surface area contributed by atoms with Crippen LogP contribution < -0.4 is 20.1 Å². The number of hydrogen-bond donors (Lipinski definition) is 2. The first-order chi connectivity index (χ1) is 14.4. The number of carbonyl (C=O) groups excluding carboxylic acids is 2. The highest BCUT2D eigenvalue weighted by Gasteiger charge is 2.37. The molecule has 1 heterocycles. The Bertz CT molecular complexity index is 735. The van der Waals surface area contributed by atoms with Crippen LogP contribution in [0.4, 0.5) is 4.79 Å². The zero-order valence-electron chi connectivity index (χ0n) is 19.2. The van der Waals surface area contributed by atoms with E-state index in [2.05, 4.69) is 10.6 Å². The van der Waals surface area contributed by atoms with Crippen LogP contribution in [0.1, 0.15) is 64.1 Å². The van der Waals surface area contributed by atoms with E-state index < -0.39 is 0 Å². The Morgan fingerprint density at radius 2 is 1.83 bits per heavy atom. The first-order valence-electron chi connectivity index (χ1n) is 10.9. The van der Waals surface area contributed by atoms with Crippen molar-refractivity contribution in [3.05, 3.63) is 23.3 Å². The van der Waals surface area contributed by atoms with E-state index in [9.17, 15) is 9.59 Å². The number of benzene rings is 1. The van der Waals surface area contributed by atoms with Gasteiger partial charge in [0.25, 0.3) is 0 Å². The monoisotopic (exact) mass is 419 g/mol. The van der Waals surface area contributed by atoms with Gasteiger partial charge >= 0.3 is 6.03 Å². The molecule has 0 bridgehead atoms. The summed E-state index contributed by atoms with van der Waals surface area (Å²) in [5, 5.41) is 6.18. The smallest absolute Gasteiger partial charge is 0.317 e. The van der Waals surface area contributed by atoms with Gasteiger partial charge in [-0.15, -0.1) is 0 Å². The lowest BCUT2D eigenvalue weighted by molar-refractivity contribution is -0.123. The van der Waals surface area contributed by atoms with Crippen molar-refractivity contribution < 1.29 is 19.1 Å². The van der Waals surface area contributed by atoms with E-state index in [4.69, 9.17) is 9.47 Å². The molecule has 0 aromatic heterocycles. The van der Waals surface area contributed by atoms with Crippen molar-refractivity contribution >= 4 is 11.9 Å². The average molecular weight is 420 g/mol. The molecule has 1 aromatic carbocycles. The standard InChI is InChI=1S/C23H37N3O4/c1-7-10-24-23(28)26-11-9-16-13-19(29-5)20(30-6)14-17(16)22(26)18(8-2)25-21(27)12-15(3)4/h13-15,18,22H,7-12H2,1-6H3,(H,24,28)(H,25,27)/t18-,22-/m0/s1. The van der Waals surface area contributed by atoms with Gasteiger partial charge in [-0.2, -0.15) is 0 Å². The largest absolute Gasteiger partial charge is 0.493 e. The van der Waals surface area contributed by atoms with Gasteiger partial charge in [0.1, 0.15) is 0 Å². The predicted molar refractivity (Wildman–Crippen MR) is 118 cm³/mol. The van der Waals surface area contributed by atoms with Gasteiger partial charge in [-0.25, -0.2) is 4.79 Å². The van der Waals surface area contributed by atoms with Crippen LogP contribution in [0.3, 0.4) is 0 Å². The molecule has 0 aliphatic carbocycles. The summed E-state index contributed by atoms with van der Waals surface area (Å²) in [5.41, 5.74) is 2.12. The van der Waals surface area contributed by atoms with Crippen LogP contribution in [0.15, 0.2) is 12.1 Å². The van der Waals surface area contributed by atoms with Gasteiger partial charge in [-0.1, -0.05) is 27.7 Å². The summed E-state index contributed by atoms with van der Waals surface area (Å²) in [4.78, 5) is 27.4. The third-order valence-corrected chi connectivity index (χ3v) is 5.47. The molecule has 2 atom stereocenters. The van der Waals surface area contributed by atoms with Gasteiger partial charge < -0.3 is 25.0 Å². The molecule has 2 rings (SSSR count). The van der Waals surface area contributed by atoms with Crippen LogP contribution >= 0.6 is 0 Å². The number of fused-ring (bicyclic) bond motifs is 1. The third kappa shape index (κ3) is 5.58. The summed E-state index contributed by atoms with van der Waals surface area (Å²) in [7, 11) is 3.23. The van der Waals surface area contributed by atoms with E-state index in [1.54, 1.807) is 14.2 Å². The third-order valence-electron chi connectivity index (χ3n) is 5.47. The number of methoxy groups -OCH3 is 2. The van der Waals surface area contributed by atoms with E-state index in [1.165, 1.54) is 0 Å². The van der Waals surface area contributed by atoms with Crippen molar-refractivity contribution in [1.29, 1.82) is 0 Å². The summed E-state index contributed by atoms with van der Waals surface area (Å²) in [6.45, 7) is 9.33. The molecule has 0 spiro atoms. The Hall–Kier alpha value is -2.44. The maximum atomic E-state index is 13.0. The van der Waals surface area contributed by atoms with Crippen LogP contribution in [0.5, 0.6) is 11.5 Å². The first kappa shape index (κ1) is 23.8. The maximum Gasteiger partial charge on any atom is 0.317 e. The molecule has 7 nitrogen and oxygen atoms in total. The topological polar surface area (TPSA) is 79.9 Å². The van der Waals surface area contributed by atoms with Crippen molar-refractivity contribution in [2.75, 3.05) is 27.3 Å². The van der Waals surface area contributed by atoms with E-state index in [0.29, 0.717) is 37.4 Å². The molecular formula is C23H37N3O4. The minimum Gasteiger partial charge on any atom is -0.493 e. The van der Waals surface area contributed by atoms with Crippen LogP contribution in [-0.2, 0) is 11.2 Å². The second-order valence-corrected chi connectivity index (χ2v) is 8.21. The Labute approximate surface area is 180 Å². The number of nitrogens with zero attached hydrogens (tertiary/aromatic N) is 1. The normalized spacial score (nSPS) is 16.6. The molecule has 2 N–H and O–H groups in total. The van der Waals surface area contributed by atoms with Crippen molar-refractivity contribution in [3.63, 3.8) is 0 Å². The van der Waals surface area contributed by atoms with Crippen LogP contribution in [-0.4, -0.2) is 50.2 Å². The lowest BCUT2D eigenvalue weighted by Gasteiger charge is -2.42. The van der Waals surface area contributed by atoms with Crippen molar-refractivity contribution in [1.82, 2.24) is 15.5 Å². The van der Waals surface area contributed by atoms with Crippen molar-refractivity contribution in [2.45, 2.75) is 65.5 Å². The molecule has 168 valence electrons. The summed E-state index contributed by atoms with van der Waals surface area (Å²) in [6.07, 6.45) is 2.76. The van der Waals surface area contributed by atoms with E-state index >= 15 is 0 Å². The lowest BCUT2D eigenvalue weighted by atomic mass is 9.86. The molecule has 1 aliphatic heterocycles. The fourth-order valence-electron chi connectivity index (χ4n) is 4.01.